The first-order valence-electron chi connectivity index (χ1n) is 7.65. The van der Waals surface area contributed by atoms with E-state index in [2.05, 4.69) is 29.1 Å². The van der Waals surface area contributed by atoms with Gasteiger partial charge in [-0.15, -0.1) is 0 Å². The molecule has 0 aliphatic heterocycles. The van der Waals surface area contributed by atoms with Crippen molar-refractivity contribution in [2.24, 2.45) is 5.73 Å². The van der Waals surface area contributed by atoms with Gasteiger partial charge < -0.3 is 16.0 Å². The first-order chi connectivity index (χ1) is 10.1. The monoisotopic (exact) mass is 291 g/mol. The largest absolute Gasteiger partial charge is 0.368 e. The summed E-state index contributed by atoms with van der Waals surface area (Å²) >= 11 is 0. The quantitative estimate of drug-likeness (QED) is 0.789. The predicted octanol–water partition coefficient (Wildman–Crippen LogP) is 1.21. The summed E-state index contributed by atoms with van der Waals surface area (Å²) in [5.41, 5.74) is 6.40. The van der Waals surface area contributed by atoms with Crippen LogP contribution in [0.4, 0.5) is 5.95 Å². The topological polar surface area (TPSA) is 84.1 Å². The highest BCUT2D eigenvalue weighted by atomic mass is 16.1. The SMILES string of the molecule is CC(C)NCc1cnc(N(CC(N)=O)C2CCCC2)nc1. The fourth-order valence-corrected chi connectivity index (χ4v) is 2.66. The van der Waals surface area contributed by atoms with Crippen LogP contribution in [-0.4, -0.2) is 34.5 Å². The van der Waals surface area contributed by atoms with Crippen molar-refractivity contribution >= 4 is 11.9 Å². The summed E-state index contributed by atoms with van der Waals surface area (Å²) in [7, 11) is 0. The van der Waals surface area contributed by atoms with Crippen LogP contribution in [0.5, 0.6) is 0 Å². The van der Waals surface area contributed by atoms with Gasteiger partial charge in [0.05, 0.1) is 6.54 Å². The number of carbonyl (C=O) groups is 1. The fourth-order valence-electron chi connectivity index (χ4n) is 2.66. The number of hydrogen-bond donors (Lipinski definition) is 2. The number of nitrogens with zero attached hydrogens (tertiary/aromatic N) is 3. The van der Waals surface area contributed by atoms with Crippen LogP contribution in [0.1, 0.15) is 45.1 Å². The van der Waals surface area contributed by atoms with Gasteiger partial charge in [0.25, 0.3) is 0 Å². The van der Waals surface area contributed by atoms with E-state index in [4.69, 9.17) is 5.73 Å². The molecule has 0 aromatic carbocycles. The minimum absolute atomic E-state index is 0.189. The molecule has 1 heterocycles. The Hall–Kier alpha value is -1.69. The lowest BCUT2D eigenvalue weighted by molar-refractivity contribution is -0.116. The number of primary amides is 1. The Morgan fingerprint density at radius 2 is 2.00 bits per heavy atom. The highest BCUT2D eigenvalue weighted by Gasteiger charge is 2.25. The van der Waals surface area contributed by atoms with Gasteiger partial charge in [-0.05, 0) is 12.8 Å². The van der Waals surface area contributed by atoms with Crippen molar-refractivity contribution < 1.29 is 4.79 Å². The molecular formula is C15H25N5O. The van der Waals surface area contributed by atoms with Gasteiger partial charge in [-0.1, -0.05) is 26.7 Å². The van der Waals surface area contributed by atoms with Crippen molar-refractivity contribution in [1.29, 1.82) is 0 Å². The zero-order valence-electron chi connectivity index (χ0n) is 12.9. The van der Waals surface area contributed by atoms with Crippen molar-refractivity contribution in [3.8, 4) is 0 Å². The molecule has 3 N–H and O–H groups in total. The van der Waals surface area contributed by atoms with E-state index in [-0.39, 0.29) is 12.5 Å². The molecule has 0 bridgehead atoms. The summed E-state index contributed by atoms with van der Waals surface area (Å²) in [6.45, 7) is 5.14. The predicted molar refractivity (Wildman–Crippen MR) is 82.8 cm³/mol. The Balaban J connectivity index is 2.06. The minimum atomic E-state index is -0.337. The first kappa shape index (κ1) is 15.7. The van der Waals surface area contributed by atoms with Crippen LogP contribution >= 0.6 is 0 Å². The van der Waals surface area contributed by atoms with Crippen LogP contribution in [0, 0.1) is 0 Å². The van der Waals surface area contributed by atoms with Gasteiger partial charge in [-0.2, -0.15) is 0 Å². The number of hydrogen-bond acceptors (Lipinski definition) is 5. The van der Waals surface area contributed by atoms with Crippen molar-refractivity contribution in [2.75, 3.05) is 11.4 Å². The third-order valence-electron chi connectivity index (χ3n) is 3.75. The number of rotatable bonds is 7. The summed E-state index contributed by atoms with van der Waals surface area (Å²) in [5.74, 6) is 0.269. The van der Waals surface area contributed by atoms with Crippen molar-refractivity contribution in [3.63, 3.8) is 0 Å². The average molecular weight is 291 g/mol. The molecule has 1 aromatic heterocycles. The molecule has 0 saturated heterocycles. The normalized spacial score (nSPS) is 15.6. The molecule has 6 heteroatoms. The third-order valence-corrected chi connectivity index (χ3v) is 3.75. The molecule has 116 valence electrons. The Kier molecular flexibility index (Phi) is 5.50. The van der Waals surface area contributed by atoms with Gasteiger partial charge in [-0.3, -0.25) is 4.79 Å². The van der Waals surface area contributed by atoms with Crippen LogP contribution in [0.25, 0.3) is 0 Å². The number of anilines is 1. The molecule has 0 unspecified atom stereocenters. The summed E-state index contributed by atoms with van der Waals surface area (Å²) < 4.78 is 0. The summed E-state index contributed by atoms with van der Waals surface area (Å²) in [5, 5.41) is 3.33. The molecule has 0 radical (unpaired) electrons. The van der Waals surface area contributed by atoms with Gasteiger partial charge in [0.15, 0.2) is 0 Å². The highest BCUT2D eigenvalue weighted by molar-refractivity contribution is 5.79. The molecule has 1 aliphatic carbocycles. The van der Waals surface area contributed by atoms with Gasteiger partial charge in [0, 0.05) is 36.6 Å². The van der Waals surface area contributed by atoms with Crippen molar-refractivity contribution in [3.05, 3.63) is 18.0 Å². The first-order valence-corrected chi connectivity index (χ1v) is 7.65. The maximum Gasteiger partial charge on any atom is 0.237 e. The lowest BCUT2D eigenvalue weighted by atomic mass is 10.2. The van der Waals surface area contributed by atoms with E-state index in [0.29, 0.717) is 18.0 Å². The number of carbonyl (C=O) groups excluding carboxylic acids is 1. The number of amides is 1. The summed E-state index contributed by atoms with van der Waals surface area (Å²) in [6, 6.07) is 0.756. The highest BCUT2D eigenvalue weighted by Crippen LogP contribution is 2.25. The lowest BCUT2D eigenvalue weighted by Gasteiger charge is -2.27. The van der Waals surface area contributed by atoms with E-state index >= 15 is 0 Å². The molecule has 1 saturated carbocycles. The van der Waals surface area contributed by atoms with Crippen LogP contribution in [0.3, 0.4) is 0 Å². The van der Waals surface area contributed by atoms with Crippen LogP contribution in [0.2, 0.25) is 0 Å². The van der Waals surface area contributed by atoms with Gasteiger partial charge in [0.2, 0.25) is 11.9 Å². The van der Waals surface area contributed by atoms with Crippen molar-refractivity contribution in [1.82, 2.24) is 15.3 Å². The average Bonchev–Trinajstić information content (AvgIpc) is 2.97. The number of aromatic nitrogens is 2. The molecule has 2 rings (SSSR count). The zero-order chi connectivity index (χ0) is 15.2. The molecular weight excluding hydrogens is 266 g/mol. The smallest absolute Gasteiger partial charge is 0.237 e. The molecule has 21 heavy (non-hydrogen) atoms. The summed E-state index contributed by atoms with van der Waals surface area (Å²) in [4.78, 5) is 22.1. The summed E-state index contributed by atoms with van der Waals surface area (Å²) in [6.07, 6.45) is 8.18. The van der Waals surface area contributed by atoms with E-state index in [1.807, 2.05) is 17.3 Å². The number of nitrogens with one attached hydrogen (secondary N) is 1. The Labute approximate surface area is 126 Å². The second-order valence-corrected chi connectivity index (χ2v) is 5.96. The Bertz CT molecular complexity index is 454. The standard InChI is InChI=1S/C15H25N5O/c1-11(2)17-7-12-8-18-15(19-9-12)20(10-14(16)21)13-5-3-4-6-13/h8-9,11,13,17H,3-7,10H2,1-2H3,(H2,16,21). The number of nitrogens with two attached hydrogens (primary N) is 1. The second kappa shape index (κ2) is 7.36. The maximum absolute atomic E-state index is 11.3. The molecule has 1 amide bonds. The van der Waals surface area contributed by atoms with Crippen LogP contribution < -0.4 is 16.0 Å². The molecule has 1 aliphatic rings. The van der Waals surface area contributed by atoms with Crippen molar-refractivity contribution in [2.45, 2.75) is 58.2 Å². The lowest BCUT2D eigenvalue weighted by Crippen LogP contribution is -2.41. The van der Waals surface area contributed by atoms with E-state index in [9.17, 15) is 4.79 Å². The van der Waals surface area contributed by atoms with Crippen LogP contribution in [0.15, 0.2) is 12.4 Å². The zero-order valence-corrected chi connectivity index (χ0v) is 12.9. The maximum atomic E-state index is 11.3. The molecule has 0 spiro atoms. The fraction of sp³-hybridized carbons (Fsp3) is 0.667. The van der Waals surface area contributed by atoms with Gasteiger partial charge >= 0.3 is 0 Å². The Morgan fingerprint density at radius 3 is 2.52 bits per heavy atom. The molecule has 1 aromatic rings. The second-order valence-electron chi connectivity index (χ2n) is 5.96. The third kappa shape index (κ3) is 4.67. The van der Waals surface area contributed by atoms with E-state index in [1.165, 1.54) is 12.8 Å². The Morgan fingerprint density at radius 1 is 1.38 bits per heavy atom. The van der Waals surface area contributed by atoms with Gasteiger partial charge in [0.1, 0.15) is 0 Å². The van der Waals surface area contributed by atoms with Gasteiger partial charge in [-0.25, -0.2) is 9.97 Å². The van der Waals surface area contributed by atoms with E-state index < -0.39 is 0 Å². The molecule has 6 nitrogen and oxygen atoms in total. The van der Waals surface area contributed by atoms with Crippen LogP contribution in [-0.2, 0) is 11.3 Å². The molecule has 1 fully saturated rings. The minimum Gasteiger partial charge on any atom is -0.368 e. The van der Waals surface area contributed by atoms with E-state index in [0.717, 1.165) is 24.9 Å². The van der Waals surface area contributed by atoms with E-state index in [1.54, 1.807) is 0 Å². The molecule has 0 atom stereocenters.